The van der Waals surface area contributed by atoms with Crippen LogP contribution < -0.4 is 15.4 Å². The molecule has 0 saturated carbocycles. The van der Waals surface area contributed by atoms with Crippen LogP contribution in [0.5, 0.6) is 5.75 Å². The lowest BCUT2D eigenvalue weighted by Gasteiger charge is -2.44. The summed E-state index contributed by atoms with van der Waals surface area (Å²) in [6.45, 7) is 8.17. The second kappa shape index (κ2) is 11.4. The van der Waals surface area contributed by atoms with Gasteiger partial charge >= 0.3 is 12.1 Å². The van der Waals surface area contributed by atoms with E-state index in [1.807, 2.05) is 38.1 Å². The van der Waals surface area contributed by atoms with Crippen LogP contribution >= 0.6 is 0 Å². The minimum absolute atomic E-state index is 0.00683. The zero-order chi connectivity index (χ0) is 31.1. The van der Waals surface area contributed by atoms with E-state index < -0.39 is 17.6 Å². The maximum Gasteiger partial charge on any atom is 0.471 e. The van der Waals surface area contributed by atoms with Gasteiger partial charge in [-0.1, -0.05) is 6.07 Å². The van der Waals surface area contributed by atoms with Crippen molar-refractivity contribution in [1.82, 2.24) is 24.6 Å². The Morgan fingerprint density at radius 1 is 1.09 bits per heavy atom. The molecule has 3 heterocycles. The average molecular weight is 598 g/mol. The van der Waals surface area contributed by atoms with Crippen molar-refractivity contribution in [3.8, 4) is 5.75 Å². The molecule has 2 aromatic heterocycles. The van der Waals surface area contributed by atoms with E-state index in [1.54, 1.807) is 44.9 Å². The number of carbonyl (C=O) groups excluding carboxylic acids is 1. The number of halogens is 3. The minimum Gasteiger partial charge on any atom is -0.491 e. The standard InChI is InChI=1S/C30H34F3N7O3/c1-17-13-21(43-12-11-42-6)14-18(2)24(17)36-25-22-16-34-28(37-26(22)39(5)38-25)35-20-8-7-19-9-10-40(27(41)30(31,32)33)29(3,4)23(19)15-20/h7-8,13-16H,9-12H2,1-6H3,(H,36,38)(H,34,35,37). The second-order valence-corrected chi connectivity index (χ2v) is 11.1. The molecule has 43 heavy (non-hydrogen) atoms. The maximum atomic E-state index is 13.3. The van der Waals surface area contributed by atoms with Crippen molar-refractivity contribution < 1.29 is 27.4 Å². The zero-order valence-electron chi connectivity index (χ0n) is 24.9. The Balaban J connectivity index is 1.38. The van der Waals surface area contributed by atoms with Crippen LogP contribution in [0.4, 0.5) is 36.3 Å². The number of carbonyl (C=O) groups is 1. The van der Waals surface area contributed by atoms with Crippen LogP contribution in [0.1, 0.15) is 36.1 Å². The van der Waals surface area contributed by atoms with E-state index in [2.05, 4.69) is 25.7 Å². The predicted octanol–water partition coefficient (Wildman–Crippen LogP) is 5.67. The molecule has 0 unspecified atom stereocenters. The number of aryl methyl sites for hydroxylation is 3. The Labute approximate surface area is 247 Å². The molecule has 0 fully saturated rings. The van der Waals surface area contributed by atoms with Crippen molar-refractivity contribution in [1.29, 1.82) is 0 Å². The van der Waals surface area contributed by atoms with Crippen molar-refractivity contribution in [3.63, 3.8) is 0 Å². The first-order chi connectivity index (χ1) is 20.3. The van der Waals surface area contributed by atoms with Crippen LogP contribution in [-0.4, -0.2) is 63.6 Å². The van der Waals surface area contributed by atoms with Gasteiger partial charge in [0.15, 0.2) is 11.5 Å². The summed E-state index contributed by atoms with van der Waals surface area (Å²) in [5.74, 6) is -0.197. The van der Waals surface area contributed by atoms with Crippen molar-refractivity contribution in [2.24, 2.45) is 7.05 Å². The fraction of sp³-hybridized carbons (Fsp3) is 0.400. The SMILES string of the molecule is COCCOc1cc(C)c(Nc2nn(C)c3nc(Nc4ccc5c(c4)C(C)(C)N(C(=O)C(F)(F)F)CC5)ncc23)c(C)c1. The van der Waals surface area contributed by atoms with Gasteiger partial charge in [0.25, 0.3) is 0 Å². The maximum absolute atomic E-state index is 13.3. The Morgan fingerprint density at radius 2 is 1.81 bits per heavy atom. The Hall–Kier alpha value is -4.39. The summed E-state index contributed by atoms with van der Waals surface area (Å²) < 4.78 is 52.3. The first-order valence-electron chi connectivity index (χ1n) is 13.8. The molecule has 13 heteroatoms. The molecule has 2 N–H and O–H groups in total. The molecule has 0 radical (unpaired) electrons. The molecule has 0 aliphatic carbocycles. The summed E-state index contributed by atoms with van der Waals surface area (Å²) in [5, 5.41) is 11.9. The zero-order valence-corrected chi connectivity index (χ0v) is 24.9. The number of alkyl halides is 3. The fourth-order valence-electron chi connectivity index (χ4n) is 5.49. The van der Waals surface area contributed by atoms with Crippen LogP contribution in [0.25, 0.3) is 11.0 Å². The van der Waals surface area contributed by atoms with Gasteiger partial charge in [0.2, 0.25) is 5.95 Å². The molecule has 1 amide bonds. The first kappa shape index (κ1) is 30.1. The van der Waals surface area contributed by atoms with Crippen LogP contribution in [0, 0.1) is 13.8 Å². The number of hydrogen-bond acceptors (Lipinski definition) is 8. The number of nitrogens with zero attached hydrogens (tertiary/aromatic N) is 5. The van der Waals surface area contributed by atoms with E-state index in [1.165, 1.54) is 0 Å². The lowest BCUT2D eigenvalue weighted by molar-refractivity contribution is -0.191. The molecule has 228 valence electrons. The minimum atomic E-state index is -4.94. The van der Waals surface area contributed by atoms with E-state index in [-0.39, 0.29) is 6.54 Å². The number of methoxy groups -OCH3 is 1. The van der Waals surface area contributed by atoms with E-state index >= 15 is 0 Å². The number of ether oxygens (including phenoxy) is 2. The number of nitrogens with one attached hydrogen (secondary N) is 2. The molecule has 10 nitrogen and oxygen atoms in total. The fourth-order valence-corrected chi connectivity index (χ4v) is 5.49. The number of aromatic nitrogens is 4. The highest BCUT2D eigenvalue weighted by molar-refractivity contribution is 5.90. The normalized spacial score (nSPS) is 14.5. The molecule has 5 rings (SSSR count). The number of fused-ring (bicyclic) bond motifs is 2. The topological polar surface area (TPSA) is 106 Å². The molecular weight excluding hydrogens is 563 g/mol. The van der Waals surface area contributed by atoms with Gasteiger partial charge in [-0.25, -0.2) is 9.67 Å². The summed E-state index contributed by atoms with van der Waals surface area (Å²) in [4.78, 5) is 22.2. The molecule has 2 aromatic carbocycles. The molecule has 0 atom stereocenters. The van der Waals surface area contributed by atoms with Crippen molar-refractivity contribution in [2.75, 3.05) is 37.5 Å². The first-order valence-corrected chi connectivity index (χ1v) is 13.8. The van der Waals surface area contributed by atoms with Gasteiger partial charge in [-0.2, -0.15) is 23.3 Å². The second-order valence-electron chi connectivity index (χ2n) is 11.1. The van der Waals surface area contributed by atoms with Crippen LogP contribution in [0.3, 0.4) is 0 Å². The van der Waals surface area contributed by atoms with Crippen molar-refractivity contribution in [3.05, 3.63) is 58.8 Å². The monoisotopic (exact) mass is 597 g/mol. The molecule has 0 bridgehead atoms. The summed E-state index contributed by atoms with van der Waals surface area (Å²) in [7, 11) is 3.41. The summed E-state index contributed by atoms with van der Waals surface area (Å²) >= 11 is 0. The van der Waals surface area contributed by atoms with E-state index in [0.717, 1.165) is 33.0 Å². The number of benzene rings is 2. The Kier molecular flexibility index (Phi) is 7.95. The van der Waals surface area contributed by atoms with Gasteiger partial charge in [0.1, 0.15) is 12.4 Å². The molecule has 1 aliphatic heterocycles. The number of rotatable bonds is 8. The number of anilines is 4. The highest BCUT2D eigenvalue weighted by Gasteiger charge is 2.49. The van der Waals surface area contributed by atoms with E-state index in [0.29, 0.717) is 53.7 Å². The quantitative estimate of drug-likeness (QED) is 0.250. The average Bonchev–Trinajstić information content (AvgIpc) is 3.24. The van der Waals surface area contributed by atoms with Crippen LogP contribution in [0.15, 0.2) is 36.5 Å². The summed E-state index contributed by atoms with van der Waals surface area (Å²) in [6, 6.07) is 9.34. The van der Waals surface area contributed by atoms with E-state index in [4.69, 9.17) is 9.47 Å². The van der Waals surface area contributed by atoms with Crippen LogP contribution in [0.2, 0.25) is 0 Å². The highest BCUT2D eigenvalue weighted by atomic mass is 19.4. The smallest absolute Gasteiger partial charge is 0.471 e. The summed E-state index contributed by atoms with van der Waals surface area (Å²) in [5.41, 5.74) is 4.40. The van der Waals surface area contributed by atoms with Gasteiger partial charge in [-0.15, -0.1) is 0 Å². The Morgan fingerprint density at radius 3 is 2.49 bits per heavy atom. The third-order valence-electron chi connectivity index (χ3n) is 7.68. The van der Waals surface area contributed by atoms with Crippen LogP contribution in [-0.2, 0) is 28.5 Å². The molecular formula is C30H34F3N7O3. The third kappa shape index (κ3) is 5.94. The number of amides is 1. The van der Waals surface area contributed by atoms with Gasteiger partial charge in [0, 0.05) is 38.3 Å². The summed E-state index contributed by atoms with van der Waals surface area (Å²) in [6.07, 6.45) is -2.94. The lowest BCUT2D eigenvalue weighted by Crippen LogP contribution is -2.54. The Bertz CT molecular complexity index is 1660. The van der Waals surface area contributed by atoms with Crippen molar-refractivity contribution >= 4 is 40.1 Å². The molecule has 0 saturated heterocycles. The van der Waals surface area contributed by atoms with Gasteiger partial charge < -0.3 is 25.0 Å². The molecule has 4 aromatic rings. The van der Waals surface area contributed by atoms with Gasteiger partial charge in [-0.05, 0) is 80.6 Å². The van der Waals surface area contributed by atoms with Crippen molar-refractivity contribution in [2.45, 2.75) is 45.8 Å². The predicted molar refractivity (Wildman–Crippen MR) is 157 cm³/mol. The number of hydrogen-bond donors (Lipinski definition) is 2. The lowest BCUT2D eigenvalue weighted by atomic mass is 9.83. The molecule has 0 spiro atoms. The largest absolute Gasteiger partial charge is 0.491 e. The van der Waals surface area contributed by atoms with Gasteiger partial charge in [-0.3, -0.25) is 4.79 Å². The third-order valence-corrected chi connectivity index (χ3v) is 7.68. The van der Waals surface area contributed by atoms with E-state index in [9.17, 15) is 18.0 Å². The molecule has 1 aliphatic rings. The highest BCUT2D eigenvalue weighted by Crippen LogP contribution is 2.39. The van der Waals surface area contributed by atoms with Gasteiger partial charge in [0.05, 0.1) is 17.5 Å².